The first-order valence-electron chi connectivity index (χ1n) is 11.8. The standard InChI is InChI=1S/C25H34N4O6S/c1-6-19(4)26-25(31)23(7-2)27(16-20-12-9-8-11-18(20)3)24(30)17-28(36(5,34)35)21-13-10-14-22(15-21)29(32)33/h8-15,19,23H,6-7,16-17H2,1-5H3,(H,26,31)/t19-,23+/m0/s1. The normalized spacial score (nSPS) is 12.9. The summed E-state index contributed by atoms with van der Waals surface area (Å²) in [6, 6.07) is 11.6. The molecule has 0 bridgehead atoms. The van der Waals surface area contributed by atoms with Crippen molar-refractivity contribution in [3.63, 3.8) is 0 Å². The molecule has 0 aliphatic heterocycles. The SMILES string of the molecule is CC[C@H](C(=O)N[C@@H](C)CC)N(Cc1ccccc1C)C(=O)CN(c1cccc([N+](=O)[O-])c1)S(C)(=O)=O. The van der Waals surface area contributed by atoms with Crippen molar-refractivity contribution in [1.29, 1.82) is 0 Å². The van der Waals surface area contributed by atoms with Gasteiger partial charge in [0.2, 0.25) is 21.8 Å². The first-order valence-corrected chi connectivity index (χ1v) is 13.6. The molecule has 2 rings (SSSR count). The minimum atomic E-state index is -3.98. The zero-order chi connectivity index (χ0) is 27.0. The van der Waals surface area contributed by atoms with E-state index in [9.17, 15) is 28.1 Å². The quantitative estimate of drug-likeness (QED) is 0.339. The molecule has 0 saturated heterocycles. The van der Waals surface area contributed by atoms with Crippen molar-refractivity contribution in [3.8, 4) is 0 Å². The fourth-order valence-electron chi connectivity index (χ4n) is 3.71. The lowest BCUT2D eigenvalue weighted by Crippen LogP contribution is -2.53. The molecule has 0 radical (unpaired) electrons. The number of carbonyl (C=O) groups is 2. The van der Waals surface area contributed by atoms with Crippen LogP contribution in [0.4, 0.5) is 11.4 Å². The third-order valence-corrected chi connectivity index (χ3v) is 7.14. The lowest BCUT2D eigenvalue weighted by Gasteiger charge is -2.33. The topological polar surface area (TPSA) is 130 Å². The Morgan fingerprint density at radius 1 is 1.08 bits per heavy atom. The Kier molecular flexibility index (Phi) is 9.97. The van der Waals surface area contributed by atoms with Crippen molar-refractivity contribution < 1.29 is 22.9 Å². The second-order valence-corrected chi connectivity index (χ2v) is 10.6. The van der Waals surface area contributed by atoms with Gasteiger partial charge in [0, 0.05) is 24.7 Å². The number of hydrogen-bond acceptors (Lipinski definition) is 6. The van der Waals surface area contributed by atoms with Crippen LogP contribution in [-0.2, 0) is 26.2 Å². The Morgan fingerprint density at radius 3 is 2.31 bits per heavy atom. The largest absolute Gasteiger partial charge is 0.352 e. The number of carbonyl (C=O) groups excluding carboxylic acids is 2. The van der Waals surface area contributed by atoms with Gasteiger partial charge in [0.1, 0.15) is 12.6 Å². The van der Waals surface area contributed by atoms with Gasteiger partial charge in [-0.05, 0) is 43.9 Å². The lowest BCUT2D eigenvalue weighted by molar-refractivity contribution is -0.384. The molecule has 0 aromatic heterocycles. The summed E-state index contributed by atoms with van der Waals surface area (Å²) in [5.74, 6) is -0.920. The van der Waals surface area contributed by atoms with Crippen LogP contribution in [0.5, 0.6) is 0 Å². The maximum absolute atomic E-state index is 13.7. The van der Waals surface area contributed by atoms with Crippen LogP contribution in [0, 0.1) is 17.0 Å². The van der Waals surface area contributed by atoms with Gasteiger partial charge in [-0.25, -0.2) is 8.42 Å². The second-order valence-electron chi connectivity index (χ2n) is 8.74. The molecule has 0 spiro atoms. The van der Waals surface area contributed by atoms with E-state index in [0.29, 0.717) is 12.8 Å². The number of nitro benzene ring substituents is 1. The van der Waals surface area contributed by atoms with E-state index in [4.69, 9.17) is 0 Å². The molecule has 2 aromatic carbocycles. The van der Waals surface area contributed by atoms with Gasteiger partial charge >= 0.3 is 0 Å². The van der Waals surface area contributed by atoms with E-state index in [1.54, 1.807) is 6.92 Å². The fraction of sp³-hybridized carbons (Fsp3) is 0.440. The van der Waals surface area contributed by atoms with Crippen LogP contribution in [0.25, 0.3) is 0 Å². The van der Waals surface area contributed by atoms with Crippen LogP contribution in [0.2, 0.25) is 0 Å². The van der Waals surface area contributed by atoms with E-state index in [0.717, 1.165) is 27.8 Å². The molecule has 196 valence electrons. The summed E-state index contributed by atoms with van der Waals surface area (Å²) in [5.41, 5.74) is 1.44. The van der Waals surface area contributed by atoms with Crippen molar-refractivity contribution in [1.82, 2.24) is 10.2 Å². The summed E-state index contributed by atoms with van der Waals surface area (Å²) in [6.45, 7) is 6.97. The number of nitrogens with zero attached hydrogens (tertiary/aromatic N) is 3. The molecule has 0 unspecified atom stereocenters. The van der Waals surface area contributed by atoms with E-state index in [1.165, 1.54) is 23.1 Å². The molecule has 0 aliphatic rings. The number of nitrogens with one attached hydrogen (secondary N) is 1. The van der Waals surface area contributed by atoms with Crippen molar-refractivity contribution in [2.45, 2.75) is 59.2 Å². The molecule has 0 heterocycles. The molecule has 0 aliphatic carbocycles. The second kappa shape index (κ2) is 12.5. The summed E-state index contributed by atoms with van der Waals surface area (Å²) in [5, 5.41) is 14.1. The average molecular weight is 519 g/mol. The van der Waals surface area contributed by atoms with E-state index in [-0.39, 0.29) is 29.9 Å². The van der Waals surface area contributed by atoms with Gasteiger partial charge in [-0.3, -0.25) is 24.0 Å². The number of rotatable bonds is 12. The molecule has 2 aromatic rings. The monoisotopic (exact) mass is 518 g/mol. The molecule has 36 heavy (non-hydrogen) atoms. The van der Waals surface area contributed by atoms with Crippen LogP contribution in [0.3, 0.4) is 0 Å². The predicted octanol–water partition coefficient (Wildman–Crippen LogP) is 3.39. The van der Waals surface area contributed by atoms with Gasteiger partial charge in [-0.15, -0.1) is 0 Å². The van der Waals surface area contributed by atoms with Gasteiger partial charge in [0.05, 0.1) is 16.9 Å². The smallest absolute Gasteiger partial charge is 0.271 e. The van der Waals surface area contributed by atoms with E-state index >= 15 is 0 Å². The molecule has 0 saturated carbocycles. The van der Waals surface area contributed by atoms with Gasteiger partial charge in [-0.1, -0.05) is 44.2 Å². The molecular formula is C25H34N4O6S. The number of amides is 2. The van der Waals surface area contributed by atoms with Gasteiger partial charge in [0.15, 0.2) is 0 Å². The first-order chi connectivity index (χ1) is 16.9. The van der Waals surface area contributed by atoms with Crippen LogP contribution in [-0.4, -0.2) is 54.9 Å². The number of anilines is 1. The number of non-ortho nitro benzene ring substituents is 1. The summed E-state index contributed by atoms with van der Waals surface area (Å²) in [6.07, 6.45) is 1.95. The fourth-order valence-corrected chi connectivity index (χ4v) is 4.55. The van der Waals surface area contributed by atoms with Crippen molar-refractivity contribution in [3.05, 3.63) is 69.8 Å². The molecule has 2 amide bonds. The summed E-state index contributed by atoms with van der Waals surface area (Å²) < 4.78 is 26.1. The minimum Gasteiger partial charge on any atom is -0.352 e. The maximum Gasteiger partial charge on any atom is 0.271 e. The van der Waals surface area contributed by atoms with E-state index in [2.05, 4.69) is 5.32 Å². The van der Waals surface area contributed by atoms with Gasteiger partial charge in [-0.2, -0.15) is 0 Å². The number of sulfonamides is 1. The lowest BCUT2D eigenvalue weighted by atomic mass is 10.1. The highest BCUT2D eigenvalue weighted by Gasteiger charge is 2.32. The van der Waals surface area contributed by atoms with Crippen molar-refractivity contribution in [2.24, 2.45) is 0 Å². The zero-order valence-electron chi connectivity index (χ0n) is 21.3. The highest BCUT2D eigenvalue weighted by atomic mass is 32.2. The highest BCUT2D eigenvalue weighted by molar-refractivity contribution is 7.92. The number of benzene rings is 2. The molecular weight excluding hydrogens is 484 g/mol. The molecule has 2 atom stereocenters. The summed E-state index contributed by atoms with van der Waals surface area (Å²) in [7, 11) is -3.98. The minimum absolute atomic E-state index is 0.00648. The Hall–Kier alpha value is -3.47. The predicted molar refractivity (Wildman–Crippen MR) is 139 cm³/mol. The van der Waals surface area contributed by atoms with Crippen molar-refractivity contribution in [2.75, 3.05) is 17.1 Å². The zero-order valence-corrected chi connectivity index (χ0v) is 22.1. The number of aryl methyl sites for hydroxylation is 1. The summed E-state index contributed by atoms with van der Waals surface area (Å²) >= 11 is 0. The van der Waals surface area contributed by atoms with E-state index < -0.39 is 33.4 Å². The van der Waals surface area contributed by atoms with Gasteiger partial charge < -0.3 is 10.2 Å². The highest BCUT2D eigenvalue weighted by Crippen LogP contribution is 2.24. The number of nitro groups is 1. The Bertz CT molecular complexity index is 1200. The van der Waals surface area contributed by atoms with Gasteiger partial charge in [0.25, 0.3) is 5.69 Å². The van der Waals surface area contributed by atoms with Crippen LogP contribution in [0.1, 0.15) is 44.7 Å². The molecule has 10 nitrogen and oxygen atoms in total. The first kappa shape index (κ1) is 28.8. The third kappa shape index (κ3) is 7.51. The maximum atomic E-state index is 13.7. The van der Waals surface area contributed by atoms with Crippen LogP contribution < -0.4 is 9.62 Å². The summed E-state index contributed by atoms with van der Waals surface area (Å²) in [4.78, 5) is 38.8. The Labute approximate surface area is 212 Å². The molecule has 11 heteroatoms. The van der Waals surface area contributed by atoms with E-state index in [1.807, 2.05) is 45.0 Å². The number of hydrogen-bond donors (Lipinski definition) is 1. The third-order valence-electron chi connectivity index (χ3n) is 6.00. The molecule has 1 N–H and O–H groups in total. The van der Waals surface area contributed by atoms with Crippen LogP contribution >= 0.6 is 0 Å². The Morgan fingerprint density at radius 2 is 1.75 bits per heavy atom. The van der Waals surface area contributed by atoms with Crippen LogP contribution in [0.15, 0.2) is 48.5 Å². The van der Waals surface area contributed by atoms with Crippen molar-refractivity contribution >= 4 is 33.2 Å². The average Bonchev–Trinajstić information content (AvgIpc) is 2.82. The molecule has 0 fully saturated rings. The Balaban J connectivity index is 2.49.